The van der Waals surface area contributed by atoms with Gasteiger partial charge in [-0.2, -0.15) is 17.7 Å². The van der Waals surface area contributed by atoms with E-state index in [1.165, 1.54) is 17.3 Å². The number of fused-ring (bicyclic) bond motifs is 8. The van der Waals surface area contributed by atoms with Crippen LogP contribution >= 0.6 is 0 Å². The Morgan fingerprint density at radius 2 is 1.44 bits per heavy atom. The summed E-state index contributed by atoms with van der Waals surface area (Å²) in [4.78, 5) is 26.9. The van der Waals surface area contributed by atoms with E-state index in [-0.39, 0.29) is 34.8 Å². The molecule has 0 radical (unpaired) electrons. The summed E-state index contributed by atoms with van der Waals surface area (Å²) in [6.07, 6.45) is 3.52. The van der Waals surface area contributed by atoms with Gasteiger partial charge in [0.15, 0.2) is 12.3 Å². The van der Waals surface area contributed by atoms with E-state index in [1.54, 1.807) is 48.5 Å². The molecule has 5 heterocycles. The number of rotatable bonds is 19. The number of unbranched alkanes of at least 4 members (excludes halogenated alkanes) is 1. The second-order valence-corrected chi connectivity index (χ2v) is 26.3. The number of alkyl halides is 3. The predicted octanol–water partition coefficient (Wildman–Crippen LogP) is 6.96. The minimum absolute atomic E-state index is 0.0436. The first kappa shape index (κ1) is 58.8. The zero-order valence-electron chi connectivity index (χ0n) is 44.6. The summed E-state index contributed by atoms with van der Waals surface area (Å²) in [6, 6.07) is 25.2. The number of nitrogens with one attached hydrogen (secondary N) is 3. The van der Waals surface area contributed by atoms with E-state index >= 15 is 0 Å². The fourth-order valence-electron chi connectivity index (χ4n) is 11.2. The smallest absolute Gasteiger partial charge is 0.490 e. The van der Waals surface area contributed by atoms with Crippen molar-refractivity contribution in [3.05, 3.63) is 130 Å². The number of nitrogens with zero attached hydrogens (tertiary/aromatic N) is 3. The van der Waals surface area contributed by atoms with E-state index in [1.807, 2.05) is 12.1 Å². The number of anilines is 3. The second-order valence-electron chi connectivity index (χ2n) is 21.4. The Bertz CT molecular complexity index is 3460. The molecule has 426 valence electrons. The molecule has 0 aromatic heterocycles. The molecule has 0 spiro atoms. The molecule has 5 aliphatic rings. The Kier molecular flexibility index (Phi) is 16.9. The minimum Gasteiger partial charge on any atom is -0.744 e. The largest absolute Gasteiger partial charge is 0.744 e. The molecule has 5 aliphatic heterocycles. The van der Waals surface area contributed by atoms with Crippen LogP contribution in [0, 0.1) is 0 Å². The second kappa shape index (κ2) is 22.7. The highest BCUT2D eigenvalue weighted by molar-refractivity contribution is 7.92. The normalized spacial score (nSPS) is 18.9. The van der Waals surface area contributed by atoms with E-state index in [0.29, 0.717) is 36.8 Å². The van der Waals surface area contributed by atoms with E-state index in [0.717, 1.165) is 116 Å². The fourth-order valence-corrected chi connectivity index (χ4v) is 12.8. The van der Waals surface area contributed by atoms with Crippen LogP contribution in [0.3, 0.4) is 0 Å². The predicted molar refractivity (Wildman–Crippen MR) is 292 cm³/mol. The van der Waals surface area contributed by atoms with Gasteiger partial charge in [0.1, 0.15) is 22.5 Å². The molecule has 4 aromatic carbocycles. The molecule has 1 amide bonds. The van der Waals surface area contributed by atoms with Gasteiger partial charge in [0, 0.05) is 83.6 Å². The molecule has 9 rings (SSSR count). The van der Waals surface area contributed by atoms with Crippen LogP contribution in [0.5, 0.6) is 5.75 Å². The highest BCUT2D eigenvalue weighted by Gasteiger charge is 2.54. The van der Waals surface area contributed by atoms with Gasteiger partial charge in [0.05, 0.1) is 41.5 Å². The number of carbonyl (C=O) groups excluding carboxylic acids is 1. The first-order valence-corrected chi connectivity index (χ1v) is 30.9. The van der Waals surface area contributed by atoms with Crippen molar-refractivity contribution in [3.8, 4) is 5.75 Å². The molecule has 0 saturated heterocycles. The number of carbonyl (C=O) groups is 2. The van der Waals surface area contributed by atoms with Crippen LogP contribution < -0.4 is 24.4 Å². The Morgan fingerprint density at radius 3 is 2.06 bits per heavy atom. The van der Waals surface area contributed by atoms with Crippen molar-refractivity contribution in [2.75, 3.05) is 72.7 Å². The highest BCUT2D eigenvalue weighted by atomic mass is 32.2. The van der Waals surface area contributed by atoms with Crippen molar-refractivity contribution < 1.29 is 71.7 Å². The monoisotopic (exact) mass is 1150 g/mol. The average molecular weight is 1160 g/mol. The van der Waals surface area contributed by atoms with Gasteiger partial charge in [0.2, 0.25) is 31.6 Å². The molecule has 2 atom stereocenters. The van der Waals surface area contributed by atoms with E-state index in [2.05, 4.69) is 81.1 Å². The van der Waals surface area contributed by atoms with Crippen LogP contribution in [0.1, 0.15) is 75.6 Å². The van der Waals surface area contributed by atoms with Gasteiger partial charge >= 0.3 is 12.1 Å². The Morgan fingerprint density at radius 1 is 0.810 bits per heavy atom. The summed E-state index contributed by atoms with van der Waals surface area (Å²) in [5.41, 5.74) is 10.6. The molecule has 0 saturated carbocycles. The SMILES string of the molecule is CC1(C)C2=C3C=C4C5=[N+](CCC4OC3CCN2c2ccc(CC(=O)NCCCCN(CCOc3ccc(NS(C)(=O)=O)cc3)CCc3ccc(NS(C)(=O)=O)cc3)cc21)c1ccc(S(=O)(=O)[O-])cc1C5(C)C.O=C(O)C(F)(F)F. The third-order valence-electron chi connectivity index (χ3n) is 14.7. The third-order valence-corrected chi connectivity index (χ3v) is 16.8. The molecular formula is C55H65F3N6O12S3. The van der Waals surface area contributed by atoms with E-state index in [4.69, 9.17) is 19.4 Å². The maximum atomic E-state index is 13.5. The summed E-state index contributed by atoms with van der Waals surface area (Å²) in [6.45, 7) is 13.3. The zero-order valence-corrected chi connectivity index (χ0v) is 47.1. The molecule has 4 aromatic rings. The number of sulfonamides is 2. The first-order valence-electron chi connectivity index (χ1n) is 25.7. The Hall–Kier alpha value is -6.31. The number of hydrogen-bond acceptors (Lipinski definition) is 13. The number of carboxylic acid groups (broad SMARTS) is 1. The van der Waals surface area contributed by atoms with Crippen LogP contribution in [0.2, 0.25) is 0 Å². The summed E-state index contributed by atoms with van der Waals surface area (Å²) in [5.74, 6) is -2.18. The topological polar surface area (TPSA) is 244 Å². The molecule has 0 fully saturated rings. The van der Waals surface area contributed by atoms with Crippen LogP contribution in [-0.2, 0) is 68.2 Å². The van der Waals surface area contributed by atoms with Gasteiger partial charge in [0.25, 0.3) is 0 Å². The fraction of sp³-hybridized carbons (Fsp3) is 0.436. The van der Waals surface area contributed by atoms with Crippen molar-refractivity contribution in [1.29, 1.82) is 0 Å². The van der Waals surface area contributed by atoms with Crippen molar-refractivity contribution in [1.82, 2.24) is 10.2 Å². The van der Waals surface area contributed by atoms with Gasteiger partial charge in [-0.25, -0.2) is 30.0 Å². The highest BCUT2D eigenvalue weighted by Crippen LogP contribution is 2.54. The van der Waals surface area contributed by atoms with E-state index in [9.17, 15) is 47.8 Å². The quantitative estimate of drug-likeness (QED) is 0.0422. The molecular weight excluding hydrogens is 1090 g/mol. The van der Waals surface area contributed by atoms with Crippen LogP contribution in [0.15, 0.2) is 113 Å². The molecule has 2 unspecified atom stereocenters. The number of amides is 1. The van der Waals surface area contributed by atoms with Crippen LogP contribution in [-0.4, -0.2) is 139 Å². The van der Waals surface area contributed by atoms with Crippen molar-refractivity contribution in [2.45, 2.75) is 100 Å². The zero-order chi connectivity index (χ0) is 57.5. The molecule has 0 bridgehead atoms. The van der Waals surface area contributed by atoms with Gasteiger partial charge < -0.3 is 29.3 Å². The summed E-state index contributed by atoms with van der Waals surface area (Å²) in [7, 11) is -11.4. The van der Waals surface area contributed by atoms with Gasteiger partial charge in [-0.05, 0) is 123 Å². The summed E-state index contributed by atoms with van der Waals surface area (Å²) in [5, 5.41) is 10.3. The van der Waals surface area contributed by atoms with E-state index < -0.39 is 47.7 Å². The van der Waals surface area contributed by atoms with Gasteiger partial charge in [-0.3, -0.25) is 19.1 Å². The standard InChI is InChI=1S/C53H64N6O10S3.C2HF3O2/c1-52(2)43-31-36(11-19-45(43)58-27-22-47-41(50(52)58)34-42-48(69-47)23-28-59-46-20-18-40(72(65,66)67)33-44(46)53(3,4)51(42)59)32-49(60)54-24-7-8-25-57(26-21-35-9-12-37(13-10-35)55-70(5,61)62)29-30-68-39-16-14-38(15-17-39)56-71(6,63)64;3-2(4,5)1(6)7/h9-20,31,33-34,47-48,55-56H,7-8,21-30,32H2,1-6H3,(H-,54,60,65,66,67);(H,6,7). The van der Waals surface area contributed by atoms with Gasteiger partial charge in [-0.1, -0.05) is 38.1 Å². The minimum atomic E-state index is -5.08. The molecule has 24 heteroatoms. The third kappa shape index (κ3) is 13.8. The number of carboxylic acids is 1. The molecule has 79 heavy (non-hydrogen) atoms. The lowest BCUT2D eigenvalue weighted by molar-refractivity contribution is -0.445. The van der Waals surface area contributed by atoms with Crippen LogP contribution in [0.25, 0.3) is 0 Å². The van der Waals surface area contributed by atoms with Crippen molar-refractivity contribution in [2.24, 2.45) is 0 Å². The van der Waals surface area contributed by atoms with Crippen LogP contribution in [0.4, 0.5) is 35.9 Å². The summed E-state index contributed by atoms with van der Waals surface area (Å²) < 4.78 is 135. The van der Waals surface area contributed by atoms with Crippen molar-refractivity contribution in [3.63, 3.8) is 0 Å². The first-order chi connectivity index (χ1) is 36.9. The lowest BCUT2D eigenvalue weighted by Gasteiger charge is -2.42. The average Bonchev–Trinajstić information content (AvgIpc) is 4.02. The molecule has 0 aliphatic carbocycles. The maximum absolute atomic E-state index is 13.5. The Balaban J connectivity index is 0.00000110. The maximum Gasteiger partial charge on any atom is 0.490 e. The number of aliphatic carboxylic acids is 1. The number of halogens is 3. The number of allylic oxidation sites excluding steroid dienone is 1. The lowest BCUT2D eigenvalue weighted by atomic mass is 9.74. The lowest BCUT2D eigenvalue weighted by Crippen LogP contribution is -2.47. The molecule has 18 nitrogen and oxygen atoms in total. The number of hydrogen-bond donors (Lipinski definition) is 4. The Labute approximate surface area is 459 Å². The molecule has 4 N–H and O–H groups in total. The number of ether oxygens (including phenoxy) is 2. The number of benzene rings is 4. The summed E-state index contributed by atoms with van der Waals surface area (Å²) >= 11 is 0. The van der Waals surface area contributed by atoms with Gasteiger partial charge in [-0.15, -0.1) is 0 Å². The van der Waals surface area contributed by atoms with Crippen molar-refractivity contribution >= 4 is 70.5 Å².